The first kappa shape index (κ1) is 13.9. The van der Waals surface area contributed by atoms with Gasteiger partial charge in [0.25, 0.3) is 0 Å². The van der Waals surface area contributed by atoms with Gasteiger partial charge in [0.2, 0.25) is 0 Å². The Hall–Kier alpha value is -2.08. The van der Waals surface area contributed by atoms with E-state index in [0.717, 1.165) is 22.3 Å². The molecule has 0 heterocycles. The highest BCUT2D eigenvalue weighted by Gasteiger charge is 2.04. The van der Waals surface area contributed by atoms with Gasteiger partial charge in [-0.05, 0) is 22.3 Å². The highest BCUT2D eigenvalue weighted by Crippen LogP contribution is 2.23. The van der Waals surface area contributed by atoms with E-state index in [1.165, 1.54) is 0 Å². The smallest absolute Gasteiger partial charge is 0.0112 e. The molecule has 0 radical (unpaired) electrons. The molecule has 0 aliphatic rings. The summed E-state index contributed by atoms with van der Waals surface area (Å²) in [5, 5.41) is 0. The SMILES string of the molecule is C=CC(C=C)=C(C=C)C(C=C)=C(C=C)C=C. The van der Waals surface area contributed by atoms with E-state index in [1.807, 2.05) is 0 Å². The number of rotatable bonds is 7. The molecule has 0 rings (SSSR count). The molecule has 0 saturated heterocycles. The van der Waals surface area contributed by atoms with E-state index in [9.17, 15) is 0 Å². The van der Waals surface area contributed by atoms with E-state index in [-0.39, 0.29) is 0 Å². The third kappa shape index (κ3) is 2.96. The van der Waals surface area contributed by atoms with Crippen molar-refractivity contribution in [1.82, 2.24) is 0 Å². The molecule has 82 valence electrons. The molecule has 0 aromatic heterocycles. The van der Waals surface area contributed by atoms with Crippen LogP contribution in [0.25, 0.3) is 0 Å². The van der Waals surface area contributed by atoms with E-state index in [1.54, 1.807) is 36.5 Å². The van der Waals surface area contributed by atoms with Crippen molar-refractivity contribution in [3.05, 3.63) is 98.2 Å². The Labute approximate surface area is 98.7 Å². The van der Waals surface area contributed by atoms with Gasteiger partial charge in [-0.3, -0.25) is 0 Å². The standard InChI is InChI=1S/C16H18/c1-7-13(8-2)15(11-5)16(12-6)14(9-3)10-4/h7-12H,1-6H2. The molecule has 0 nitrogen and oxygen atoms in total. The summed E-state index contributed by atoms with van der Waals surface area (Å²) in [6, 6.07) is 0. The fourth-order valence-electron chi connectivity index (χ4n) is 1.37. The summed E-state index contributed by atoms with van der Waals surface area (Å²) in [4.78, 5) is 0. The van der Waals surface area contributed by atoms with Crippen molar-refractivity contribution in [2.75, 3.05) is 0 Å². The van der Waals surface area contributed by atoms with Crippen LogP contribution in [-0.4, -0.2) is 0 Å². The topological polar surface area (TPSA) is 0 Å². The molecule has 16 heavy (non-hydrogen) atoms. The fraction of sp³-hybridized carbons (Fsp3) is 0. The van der Waals surface area contributed by atoms with Crippen molar-refractivity contribution >= 4 is 0 Å². The van der Waals surface area contributed by atoms with Gasteiger partial charge in [0.15, 0.2) is 0 Å². The van der Waals surface area contributed by atoms with Crippen LogP contribution in [0.3, 0.4) is 0 Å². The van der Waals surface area contributed by atoms with Gasteiger partial charge in [-0.25, -0.2) is 0 Å². The van der Waals surface area contributed by atoms with Gasteiger partial charge in [-0.15, -0.1) is 0 Å². The lowest BCUT2D eigenvalue weighted by Crippen LogP contribution is -1.91. The van der Waals surface area contributed by atoms with Crippen molar-refractivity contribution in [3.63, 3.8) is 0 Å². The van der Waals surface area contributed by atoms with Crippen molar-refractivity contribution in [2.24, 2.45) is 0 Å². The van der Waals surface area contributed by atoms with Gasteiger partial charge in [-0.2, -0.15) is 0 Å². The second-order valence-corrected chi connectivity index (χ2v) is 2.96. The van der Waals surface area contributed by atoms with E-state index in [4.69, 9.17) is 0 Å². The fourth-order valence-corrected chi connectivity index (χ4v) is 1.37. The molecule has 0 unspecified atom stereocenters. The Balaban J connectivity index is 6.08. The second kappa shape index (κ2) is 7.24. The minimum absolute atomic E-state index is 0.908. The van der Waals surface area contributed by atoms with Crippen LogP contribution in [0.1, 0.15) is 0 Å². The number of hydrogen-bond acceptors (Lipinski definition) is 0. The zero-order valence-electron chi connectivity index (χ0n) is 9.71. The molecule has 0 aromatic rings. The molecule has 0 aromatic carbocycles. The first-order valence-electron chi connectivity index (χ1n) is 4.93. The van der Waals surface area contributed by atoms with Crippen LogP contribution in [0.2, 0.25) is 0 Å². The molecule has 0 fully saturated rings. The first-order chi connectivity index (χ1) is 7.69. The van der Waals surface area contributed by atoms with E-state index < -0.39 is 0 Å². The first-order valence-corrected chi connectivity index (χ1v) is 4.93. The summed E-state index contributed by atoms with van der Waals surface area (Å²) in [6.07, 6.45) is 10.4. The average Bonchev–Trinajstić information content (AvgIpc) is 2.33. The quantitative estimate of drug-likeness (QED) is 0.534. The predicted molar refractivity (Wildman–Crippen MR) is 75.2 cm³/mol. The summed E-state index contributed by atoms with van der Waals surface area (Å²) >= 11 is 0. The Kier molecular flexibility index (Phi) is 6.30. The highest BCUT2D eigenvalue weighted by atomic mass is 14.1. The van der Waals surface area contributed by atoms with Gasteiger partial charge in [0.05, 0.1) is 0 Å². The van der Waals surface area contributed by atoms with Crippen LogP contribution >= 0.6 is 0 Å². The maximum Gasteiger partial charge on any atom is -0.0112 e. The molecular formula is C16H18. The Morgan fingerprint density at radius 3 is 0.812 bits per heavy atom. The zero-order chi connectivity index (χ0) is 12.6. The van der Waals surface area contributed by atoms with Crippen molar-refractivity contribution < 1.29 is 0 Å². The highest BCUT2D eigenvalue weighted by molar-refractivity contribution is 5.59. The predicted octanol–water partition coefficient (Wildman–Crippen LogP) is 4.70. The third-order valence-electron chi connectivity index (χ3n) is 2.20. The van der Waals surface area contributed by atoms with E-state index in [0.29, 0.717) is 0 Å². The van der Waals surface area contributed by atoms with Crippen LogP contribution in [-0.2, 0) is 0 Å². The lowest BCUT2D eigenvalue weighted by atomic mass is 9.95. The average molecular weight is 210 g/mol. The third-order valence-corrected chi connectivity index (χ3v) is 2.20. The molecular weight excluding hydrogens is 192 g/mol. The van der Waals surface area contributed by atoms with Crippen LogP contribution in [0.4, 0.5) is 0 Å². The lowest BCUT2D eigenvalue weighted by molar-refractivity contribution is 1.45. The number of hydrogen-bond donors (Lipinski definition) is 0. The maximum absolute atomic E-state index is 3.79. The van der Waals surface area contributed by atoms with Crippen molar-refractivity contribution in [2.45, 2.75) is 0 Å². The Morgan fingerprint density at radius 1 is 0.438 bits per heavy atom. The van der Waals surface area contributed by atoms with Crippen LogP contribution in [0.15, 0.2) is 98.2 Å². The maximum atomic E-state index is 3.79. The molecule has 0 N–H and O–H groups in total. The molecule has 0 heteroatoms. The molecule has 0 aliphatic heterocycles. The van der Waals surface area contributed by atoms with Gasteiger partial charge >= 0.3 is 0 Å². The minimum Gasteiger partial charge on any atom is -0.0984 e. The Morgan fingerprint density at radius 2 is 0.688 bits per heavy atom. The van der Waals surface area contributed by atoms with Crippen LogP contribution < -0.4 is 0 Å². The largest absolute Gasteiger partial charge is 0.0984 e. The molecule has 0 atom stereocenters. The molecule has 0 aliphatic carbocycles. The van der Waals surface area contributed by atoms with Gasteiger partial charge in [0, 0.05) is 0 Å². The zero-order valence-corrected chi connectivity index (χ0v) is 9.71. The Bertz CT molecular complexity index is 338. The molecule has 0 saturated carbocycles. The van der Waals surface area contributed by atoms with Crippen LogP contribution in [0.5, 0.6) is 0 Å². The van der Waals surface area contributed by atoms with Gasteiger partial charge in [0.1, 0.15) is 0 Å². The summed E-state index contributed by atoms with van der Waals surface area (Å²) in [5.41, 5.74) is 3.67. The lowest BCUT2D eigenvalue weighted by Gasteiger charge is -2.09. The van der Waals surface area contributed by atoms with Gasteiger partial charge in [-0.1, -0.05) is 75.9 Å². The van der Waals surface area contributed by atoms with Crippen molar-refractivity contribution in [1.29, 1.82) is 0 Å². The summed E-state index contributed by atoms with van der Waals surface area (Å²) in [5.74, 6) is 0. The van der Waals surface area contributed by atoms with E-state index >= 15 is 0 Å². The summed E-state index contributed by atoms with van der Waals surface area (Å²) in [7, 11) is 0. The second-order valence-electron chi connectivity index (χ2n) is 2.96. The summed E-state index contributed by atoms with van der Waals surface area (Å²) in [6.45, 7) is 22.6. The molecule has 0 bridgehead atoms. The van der Waals surface area contributed by atoms with E-state index in [2.05, 4.69) is 39.5 Å². The van der Waals surface area contributed by atoms with Gasteiger partial charge < -0.3 is 0 Å². The van der Waals surface area contributed by atoms with Crippen molar-refractivity contribution in [3.8, 4) is 0 Å². The number of allylic oxidation sites excluding steroid dienone is 10. The summed E-state index contributed by atoms with van der Waals surface area (Å²) < 4.78 is 0. The molecule has 0 spiro atoms. The molecule has 0 amide bonds. The van der Waals surface area contributed by atoms with Crippen LogP contribution in [0, 0.1) is 0 Å². The monoisotopic (exact) mass is 210 g/mol. The normalized spacial score (nSPS) is 8.25. The minimum atomic E-state index is 0.908.